The number of nitrogens with two attached hydrogens (primary N) is 1. The summed E-state index contributed by atoms with van der Waals surface area (Å²) in [5.41, 5.74) is 0.626. The van der Waals surface area contributed by atoms with E-state index in [-0.39, 0.29) is 28.0 Å². The van der Waals surface area contributed by atoms with Crippen LogP contribution in [0.4, 0.5) is 0 Å². The molecule has 2 N–H and O–H groups in total. The van der Waals surface area contributed by atoms with Gasteiger partial charge in [0.25, 0.3) is 0 Å². The normalized spacial score (nSPS) is 11.4. The third kappa shape index (κ3) is 4.67. The minimum atomic E-state index is -3.98. The molecular weight excluding hydrogens is 415 g/mol. The van der Waals surface area contributed by atoms with Crippen LogP contribution in [0.2, 0.25) is 10.0 Å². The fourth-order valence-corrected chi connectivity index (χ4v) is 3.03. The van der Waals surface area contributed by atoms with Crippen LogP contribution < -0.4 is 5.14 Å². The molecule has 2 aromatic carbocycles. The van der Waals surface area contributed by atoms with Gasteiger partial charge in [0.05, 0.1) is 21.7 Å². The first kappa shape index (κ1) is 19.4. The topological polar surface area (TPSA) is 112 Å². The number of halogens is 2. The fraction of sp³-hybridized carbons (Fsp3) is 0.0588. The smallest absolute Gasteiger partial charge is 0.340 e. The summed E-state index contributed by atoms with van der Waals surface area (Å²) < 4.78 is 33.4. The van der Waals surface area contributed by atoms with E-state index in [0.29, 0.717) is 10.8 Å². The first-order chi connectivity index (χ1) is 12.7. The van der Waals surface area contributed by atoms with Crippen LogP contribution in [-0.2, 0) is 21.4 Å². The van der Waals surface area contributed by atoms with Gasteiger partial charge in [-0.1, -0.05) is 23.2 Å². The van der Waals surface area contributed by atoms with Crippen LogP contribution in [0.5, 0.6) is 0 Å². The predicted molar refractivity (Wildman–Crippen MR) is 98.9 cm³/mol. The van der Waals surface area contributed by atoms with E-state index in [1.807, 2.05) is 0 Å². The van der Waals surface area contributed by atoms with E-state index in [1.165, 1.54) is 18.3 Å². The minimum absolute atomic E-state index is 0.0293. The number of primary sulfonamides is 1. The number of nitrogens with zero attached hydrogens (tertiary/aromatic N) is 1. The van der Waals surface area contributed by atoms with Gasteiger partial charge in [0.2, 0.25) is 15.9 Å². The number of hydrogen-bond acceptors (Lipinski definition) is 6. The van der Waals surface area contributed by atoms with Crippen LogP contribution in [0, 0.1) is 0 Å². The van der Waals surface area contributed by atoms with Crippen molar-refractivity contribution in [1.82, 2.24) is 4.98 Å². The molecule has 1 heterocycles. The molecule has 3 rings (SSSR count). The fourth-order valence-electron chi connectivity index (χ4n) is 2.17. The van der Waals surface area contributed by atoms with E-state index in [4.69, 9.17) is 37.5 Å². The summed E-state index contributed by atoms with van der Waals surface area (Å²) in [6.45, 7) is -0.262. The van der Waals surface area contributed by atoms with Crippen molar-refractivity contribution in [2.24, 2.45) is 5.14 Å². The van der Waals surface area contributed by atoms with Crippen LogP contribution in [0.15, 0.2) is 58.0 Å². The first-order valence-corrected chi connectivity index (χ1v) is 9.74. The Morgan fingerprint density at radius 3 is 2.52 bits per heavy atom. The van der Waals surface area contributed by atoms with Crippen molar-refractivity contribution in [3.8, 4) is 11.3 Å². The summed E-state index contributed by atoms with van der Waals surface area (Å²) in [5.74, 6) is -0.198. The van der Waals surface area contributed by atoms with Crippen molar-refractivity contribution < 1.29 is 22.4 Å². The maximum Gasteiger partial charge on any atom is 0.340 e. The number of aromatic nitrogens is 1. The Kier molecular flexibility index (Phi) is 5.52. The zero-order valence-corrected chi connectivity index (χ0v) is 15.9. The number of carbonyl (C=O) groups is 1. The Bertz CT molecular complexity index is 1090. The van der Waals surface area contributed by atoms with Crippen LogP contribution in [-0.4, -0.2) is 19.4 Å². The second-order valence-electron chi connectivity index (χ2n) is 5.39. The van der Waals surface area contributed by atoms with Gasteiger partial charge in [0.15, 0.2) is 12.4 Å². The highest BCUT2D eigenvalue weighted by Gasteiger charge is 2.18. The van der Waals surface area contributed by atoms with E-state index in [1.54, 1.807) is 24.3 Å². The van der Waals surface area contributed by atoms with Gasteiger partial charge < -0.3 is 9.15 Å². The molecule has 3 aromatic rings. The van der Waals surface area contributed by atoms with Crippen LogP contribution >= 0.6 is 23.2 Å². The van der Waals surface area contributed by atoms with Crippen molar-refractivity contribution >= 4 is 39.2 Å². The van der Waals surface area contributed by atoms with Gasteiger partial charge in [-0.3, -0.25) is 0 Å². The molecule has 0 aliphatic heterocycles. The van der Waals surface area contributed by atoms with Gasteiger partial charge in [-0.05, 0) is 42.5 Å². The van der Waals surface area contributed by atoms with Crippen molar-refractivity contribution in [2.45, 2.75) is 11.5 Å². The molecule has 0 unspecified atom stereocenters. The molecule has 7 nitrogen and oxygen atoms in total. The zero-order chi connectivity index (χ0) is 19.6. The van der Waals surface area contributed by atoms with E-state index < -0.39 is 16.0 Å². The highest BCUT2D eigenvalue weighted by atomic mass is 35.5. The molecule has 0 aliphatic carbocycles. The number of oxazole rings is 1. The number of benzene rings is 2. The molecule has 1 aromatic heterocycles. The Morgan fingerprint density at radius 2 is 1.85 bits per heavy atom. The number of hydrogen-bond donors (Lipinski definition) is 1. The molecule has 0 saturated heterocycles. The molecule has 140 valence electrons. The number of ether oxygens (including phenoxy) is 1. The second-order valence-corrected chi connectivity index (χ2v) is 7.79. The van der Waals surface area contributed by atoms with Gasteiger partial charge >= 0.3 is 5.97 Å². The molecule has 0 atom stereocenters. The second kappa shape index (κ2) is 7.69. The summed E-state index contributed by atoms with van der Waals surface area (Å²) in [5, 5.41) is 5.67. The molecule has 0 saturated carbocycles. The Morgan fingerprint density at radius 1 is 1.15 bits per heavy atom. The van der Waals surface area contributed by atoms with E-state index in [2.05, 4.69) is 4.98 Å². The van der Waals surface area contributed by atoms with Crippen LogP contribution in [0.3, 0.4) is 0 Å². The summed E-state index contributed by atoms with van der Waals surface area (Å²) in [6.07, 6.45) is 1.49. The maximum absolute atomic E-state index is 12.2. The number of rotatable bonds is 5. The van der Waals surface area contributed by atoms with E-state index in [9.17, 15) is 13.2 Å². The number of sulfonamides is 1. The lowest BCUT2D eigenvalue weighted by Crippen LogP contribution is -2.14. The predicted octanol–water partition coefficient (Wildman–Crippen LogP) is 3.65. The number of esters is 1. The summed E-state index contributed by atoms with van der Waals surface area (Å²) >= 11 is 11.8. The zero-order valence-electron chi connectivity index (χ0n) is 13.6. The molecular formula is C17H12Cl2N2O5S. The van der Waals surface area contributed by atoms with E-state index >= 15 is 0 Å². The molecule has 27 heavy (non-hydrogen) atoms. The van der Waals surface area contributed by atoms with Crippen molar-refractivity contribution in [3.63, 3.8) is 0 Å². The average molecular weight is 427 g/mol. The summed E-state index contributed by atoms with van der Waals surface area (Å²) in [6, 6.07) is 10.4. The molecule has 0 radical (unpaired) electrons. The summed E-state index contributed by atoms with van der Waals surface area (Å²) in [7, 11) is -3.98. The molecule has 0 bridgehead atoms. The SMILES string of the molecule is NS(=O)(=O)c1ccc(Cl)c(C(=O)OCc2ncc(-c3ccc(Cl)cc3)o2)c1. The lowest BCUT2D eigenvalue weighted by molar-refractivity contribution is 0.0439. The van der Waals surface area contributed by atoms with Crippen molar-refractivity contribution in [2.75, 3.05) is 0 Å². The average Bonchev–Trinajstić information content (AvgIpc) is 3.08. The third-order valence-corrected chi connectivity index (χ3v) is 4.99. The molecule has 0 aliphatic rings. The summed E-state index contributed by atoms with van der Waals surface area (Å²) in [4.78, 5) is 16.0. The number of carbonyl (C=O) groups excluding carboxylic acids is 1. The molecule has 10 heteroatoms. The minimum Gasteiger partial charge on any atom is -0.452 e. The van der Waals surface area contributed by atoms with Gasteiger partial charge in [0, 0.05) is 10.6 Å². The third-order valence-electron chi connectivity index (χ3n) is 3.50. The van der Waals surface area contributed by atoms with Crippen molar-refractivity contribution in [1.29, 1.82) is 0 Å². The van der Waals surface area contributed by atoms with Gasteiger partial charge in [-0.15, -0.1) is 0 Å². The highest BCUT2D eigenvalue weighted by molar-refractivity contribution is 7.89. The quantitative estimate of drug-likeness (QED) is 0.622. The molecule has 0 spiro atoms. The van der Waals surface area contributed by atoms with Gasteiger partial charge in [0.1, 0.15) is 0 Å². The lowest BCUT2D eigenvalue weighted by atomic mass is 10.2. The molecule has 0 fully saturated rings. The maximum atomic E-state index is 12.2. The lowest BCUT2D eigenvalue weighted by Gasteiger charge is -2.06. The monoisotopic (exact) mass is 426 g/mol. The Balaban J connectivity index is 1.72. The van der Waals surface area contributed by atoms with Gasteiger partial charge in [-0.25, -0.2) is 23.3 Å². The molecule has 0 amide bonds. The highest BCUT2D eigenvalue weighted by Crippen LogP contribution is 2.24. The van der Waals surface area contributed by atoms with Crippen LogP contribution in [0.1, 0.15) is 16.2 Å². The van der Waals surface area contributed by atoms with Gasteiger partial charge in [-0.2, -0.15) is 0 Å². The standard InChI is InChI=1S/C17H12Cl2N2O5S/c18-11-3-1-10(2-4-11)15-8-21-16(26-15)9-25-17(22)13-7-12(27(20,23)24)5-6-14(13)19/h1-8H,9H2,(H2,20,23,24). The Labute approximate surface area is 164 Å². The van der Waals surface area contributed by atoms with Crippen LogP contribution in [0.25, 0.3) is 11.3 Å². The Hall–Kier alpha value is -2.39. The van der Waals surface area contributed by atoms with Crippen molar-refractivity contribution in [3.05, 3.63) is 70.2 Å². The first-order valence-electron chi connectivity index (χ1n) is 7.44. The van der Waals surface area contributed by atoms with E-state index in [0.717, 1.165) is 11.6 Å². The largest absolute Gasteiger partial charge is 0.452 e.